The fraction of sp³-hybridized carbons (Fsp3) is 0.227. The molecule has 5 rings (SSSR count). The van der Waals surface area contributed by atoms with Crippen molar-refractivity contribution >= 4 is 11.6 Å². The van der Waals surface area contributed by atoms with Crippen LogP contribution in [-0.2, 0) is 33.6 Å². The maximum absolute atomic E-state index is 13.2. The predicted molar refractivity (Wildman–Crippen MR) is 102 cm³/mol. The van der Waals surface area contributed by atoms with Gasteiger partial charge in [-0.1, -0.05) is 42.5 Å². The monoisotopic (exact) mass is 360 g/mol. The molecule has 0 bridgehead atoms. The van der Waals surface area contributed by atoms with E-state index in [2.05, 4.69) is 36.5 Å². The van der Waals surface area contributed by atoms with Gasteiger partial charge in [-0.25, -0.2) is 0 Å². The maximum Gasteiger partial charge on any atom is 0.292 e. The summed E-state index contributed by atoms with van der Waals surface area (Å²) in [5.41, 5.74) is 5.06. The van der Waals surface area contributed by atoms with Crippen LogP contribution < -0.4 is 4.90 Å². The van der Waals surface area contributed by atoms with E-state index in [-0.39, 0.29) is 5.91 Å². The van der Waals surface area contributed by atoms with Gasteiger partial charge in [-0.3, -0.25) is 4.79 Å². The summed E-state index contributed by atoms with van der Waals surface area (Å²) in [6.07, 6.45) is 4.12. The van der Waals surface area contributed by atoms with Crippen molar-refractivity contribution in [3.8, 4) is 11.1 Å². The van der Waals surface area contributed by atoms with Crippen molar-refractivity contribution in [3.63, 3.8) is 0 Å². The van der Waals surface area contributed by atoms with E-state index in [0.29, 0.717) is 19.8 Å². The molecule has 0 atom stereocenters. The van der Waals surface area contributed by atoms with Crippen molar-refractivity contribution in [3.05, 3.63) is 78.1 Å². The predicted octanol–water partition coefficient (Wildman–Crippen LogP) is 3.44. The molecule has 0 aliphatic carbocycles. The summed E-state index contributed by atoms with van der Waals surface area (Å²) in [5.74, 6) is -1.41. The molecule has 1 fully saturated rings. The summed E-state index contributed by atoms with van der Waals surface area (Å²) < 4.78 is 13.6. The average Bonchev–Trinajstić information content (AvgIpc) is 3.40. The van der Waals surface area contributed by atoms with Gasteiger partial charge in [0.25, 0.3) is 11.7 Å². The van der Waals surface area contributed by atoms with Crippen LogP contribution in [0.25, 0.3) is 11.1 Å². The Kier molecular flexibility index (Phi) is 3.67. The van der Waals surface area contributed by atoms with Crippen LogP contribution in [0.15, 0.2) is 67.0 Å². The van der Waals surface area contributed by atoms with Crippen LogP contribution in [0.2, 0.25) is 0 Å². The number of rotatable bonds is 3. The Morgan fingerprint density at radius 2 is 1.70 bits per heavy atom. The zero-order valence-electron chi connectivity index (χ0n) is 15.1. The number of amides is 1. The van der Waals surface area contributed by atoms with Crippen LogP contribution in [0.3, 0.4) is 0 Å². The average molecular weight is 360 g/mol. The van der Waals surface area contributed by atoms with Gasteiger partial charge in [-0.15, -0.1) is 0 Å². The molecule has 27 heavy (non-hydrogen) atoms. The van der Waals surface area contributed by atoms with E-state index in [4.69, 9.17) is 9.47 Å². The van der Waals surface area contributed by atoms with E-state index >= 15 is 0 Å². The molecule has 1 saturated heterocycles. The van der Waals surface area contributed by atoms with E-state index in [1.165, 1.54) is 5.56 Å². The molecule has 2 aliphatic rings. The largest absolute Gasteiger partial charge is 0.357 e. The first-order valence-corrected chi connectivity index (χ1v) is 9.08. The molecule has 3 aromatic rings. The van der Waals surface area contributed by atoms with Gasteiger partial charge in [-0.2, -0.15) is 0 Å². The number of hydrogen-bond acceptors (Lipinski definition) is 3. The molecule has 0 radical (unpaired) electrons. The standard InChI is InChI=1S/C22H20N2O3/c1-23-11-10-18(15-23)17-8-6-16(7-9-17)14-24-20-5-3-2-4-19(20)22(21(24)25)26-12-13-27-22/h2-11,15H,12-14H2,1H3. The van der Waals surface area contributed by atoms with Crippen LogP contribution in [-0.4, -0.2) is 23.7 Å². The highest BCUT2D eigenvalue weighted by molar-refractivity contribution is 6.06. The van der Waals surface area contributed by atoms with Crippen molar-refractivity contribution in [2.75, 3.05) is 18.1 Å². The number of benzene rings is 2. The Hall–Kier alpha value is -2.89. The first-order valence-electron chi connectivity index (χ1n) is 9.08. The lowest BCUT2D eigenvalue weighted by atomic mass is 10.1. The third-order valence-electron chi connectivity index (χ3n) is 5.23. The van der Waals surface area contributed by atoms with E-state index in [9.17, 15) is 4.79 Å². The molecule has 1 aromatic heterocycles. The first-order chi connectivity index (χ1) is 13.2. The van der Waals surface area contributed by atoms with Gasteiger partial charge in [0.05, 0.1) is 25.4 Å². The van der Waals surface area contributed by atoms with Gasteiger partial charge in [0.15, 0.2) is 0 Å². The molecule has 2 aliphatic heterocycles. The summed E-state index contributed by atoms with van der Waals surface area (Å²) >= 11 is 0. The fourth-order valence-corrected chi connectivity index (χ4v) is 3.90. The van der Waals surface area contributed by atoms with Crippen molar-refractivity contribution in [2.24, 2.45) is 7.05 Å². The Morgan fingerprint density at radius 1 is 0.963 bits per heavy atom. The second kappa shape index (κ2) is 6.08. The van der Waals surface area contributed by atoms with Crippen molar-refractivity contribution in [2.45, 2.75) is 12.3 Å². The van der Waals surface area contributed by atoms with E-state index in [1.807, 2.05) is 42.1 Å². The molecule has 0 saturated carbocycles. The van der Waals surface area contributed by atoms with Crippen molar-refractivity contribution < 1.29 is 14.3 Å². The van der Waals surface area contributed by atoms with Crippen molar-refractivity contribution in [1.29, 1.82) is 0 Å². The van der Waals surface area contributed by atoms with Crippen LogP contribution in [0.5, 0.6) is 0 Å². The lowest BCUT2D eigenvalue weighted by molar-refractivity contribution is -0.180. The Labute approximate surface area is 157 Å². The number of fused-ring (bicyclic) bond motifs is 2. The minimum absolute atomic E-state index is 0.145. The molecule has 5 nitrogen and oxygen atoms in total. The molecule has 0 unspecified atom stereocenters. The van der Waals surface area contributed by atoms with Crippen LogP contribution in [0, 0.1) is 0 Å². The minimum atomic E-state index is -1.26. The number of aryl methyl sites for hydroxylation is 1. The zero-order chi connectivity index (χ0) is 18.4. The van der Waals surface area contributed by atoms with Gasteiger partial charge in [-0.05, 0) is 28.8 Å². The number of anilines is 1. The third kappa shape index (κ3) is 2.51. The molecule has 5 heteroatoms. The van der Waals surface area contributed by atoms with Crippen LogP contribution in [0.4, 0.5) is 5.69 Å². The Balaban J connectivity index is 1.45. The summed E-state index contributed by atoms with van der Waals surface area (Å²) in [7, 11) is 2.01. The summed E-state index contributed by atoms with van der Waals surface area (Å²) in [4.78, 5) is 14.9. The number of nitrogens with zero attached hydrogens (tertiary/aromatic N) is 2. The summed E-state index contributed by atoms with van der Waals surface area (Å²) in [6, 6.07) is 18.1. The van der Waals surface area contributed by atoms with Crippen LogP contribution >= 0.6 is 0 Å². The van der Waals surface area contributed by atoms with E-state index < -0.39 is 5.79 Å². The van der Waals surface area contributed by atoms with Gasteiger partial charge in [0.2, 0.25) is 0 Å². The quantitative estimate of drug-likeness (QED) is 0.719. The Bertz CT molecular complexity index is 1000. The number of carbonyl (C=O) groups is 1. The number of carbonyl (C=O) groups excluding carboxylic acids is 1. The normalized spacial score (nSPS) is 17.7. The highest BCUT2D eigenvalue weighted by Gasteiger charge is 2.55. The lowest BCUT2D eigenvalue weighted by Crippen LogP contribution is -2.40. The number of para-hydroxylation sites is 1. The second-order valence-corrected chi connectivity index (χ2v) is 6.98. The van der Waals surface area contributed by atoms with E-state index in [0.717, 1.165) is 22.4 Å². The van der Waals surface area contributed by atoms with Crippen molar-refractivity contribution in [1.82, 2.24) is 4.57 Å². The zero-order valence-corrected chi connectivity index (χ0v) is 15.1. The van der Waals surface area contributed by atoms with Gasteiger partial charge >= 0.3 is 0 Å². The highest BCUT2D eigenvalue weighted by Crippen LogP contribution is 2.46. The van der Waals surface area contributed by atoms with E-state index in [1.54, 1.807) is 4.90 Å². The molecule has 0 N–H and O–H groups in total. The third-order valence-corrected chi connectivity index (χ3v) is 5.23. The molecule has 2 aromatic carbocycles. The molecule has 1 amide bonds. The smallest absolute Gasteiger partial charge is 0.292 e. The molecule has 1 spiro atoms. The Morgan fingerprint density at radius 3 is 2.41 bits per heavy atom. The number of aromatic nitrogens is 1. The topological polar surface area (TPSA) is 43.7 Å². The maximum atomic E-state index is 13.2. The van der Waals surface area contributed by atoms with Gasteiger partial charge < -0.3 is 18.9 Å². The summed E-state index contributed by atoms with van der Waals surface area (Å²) in [5, 5.41) is 0. The molecule has 3 heterocycles. The van der Waals surface area contributed by atoms with Gasteiger partial charge in [0.1, 0.15) is 0 Å². The molecular weight excluding hydrogens is 340 g/mol. The number of hydrogen-bond donors (Lipinski definition) is 0. The minimum Gasteiger partial charge on any atom is -0.357 e. The SMILES string of the molecule is Cn1ccc(-c2ccc(CN3C(=O)C4(OCCO4)c4ccccc43)cc2)c1. The molecular formula is C22H20N2O3. The van der Waals surface area contributed by atoms with Crippen LogP contribution in [0.1, 0.15) is 11.1 Å². The summed E-state index contributed by atoms with van der Waals surface area (Å²) in [6.45, 7) is 1.35. The lowest BCUT2D eigenvalue weighted by Gasteiger charge is -2.22. The number of ether oxygens (including phenoxy) is 2. The first kappa shape index (κ1) is 16.3. The second-order valence-electron chi connectivity index (χ2n) is 6.98. The van der Waals surface area contributed by atoms with Gasteiger partial charge in [0, 0.05) is 25.0 Å². The highest BCUT2D eigenvalue weighted by atomic mass is 16.7. The molecule has 136 valence electrons. The fourth-order valence-electron chi connectivity index (χ4n) is 3.90.